The molecule has 122 valence electrons. The van der Waals surface area contributed by atoms with Crippen molar-refractivity contribution in [3.8, 4) is 0 Å². The van der Waals surface area contributed by atoms with Crippen LogP contribution in [0.4, 0.5) is 0 Å². The third-order valence-electron chi connectivity index (χ3n) is 7.19. The fraction of sp³-hybridized carbons (Fsp3) is 0.500. The van der Waals surface area contributed by atoms with E-state index >= 15 is 0 Å². The monoisotopic (exact) mass is 316 g/mol. The highest BCUT2D eigenvalue weighted by atomic mass is 15.1. The highest BCUT2D eigenvalue weighted by Gasteiger charge is 2.50. The van der Waals surface area contributed by atoms with E-state index in [0.29, 0.717) is 5.41 Å². The molecule has 2 heteroatoms. The summed E-state index contributed by atoms with van der Waals surface area (Å²) in [6, 6.07) is 13.2. The lowest BCUT2D eigenvalue weighted by Gasteiger charge is -2.57. The third-order valence-corrected chi connectivity index (χ3v) is 7.19. The Kier molecular flexibility index (Phi) is 2.59. The van der Waals surface area contributed by atoms with Crippen molar-refractivity contribution in [2.45, 2.75) is 45.1 Å². The minimum atomic E-state index is 0.564. The lowest BCUT2D eigenvalue weighted by Crippen LogP contribution is -2.47. The maximum Gasteiger partial charge on any atom is 0.0963 e. The van der Waals surface area contributed by atoms with Crippen LogP contribution in [-0.2, 0) is 6.54 Å². The molecular formula is C22H24N2. The van der Waals surface area contributed by atoms with Crippen molar-refractivity contribution in [2.24, 2.45) is 23.2 Å². The predicted molar refractivity (Wildman–Crippen MR) is 97.8 cm³/mol. The zero-order chi connectivity index (χ0) is 15.7. The predicted octanol–water partition coefficient (Wildman–Crippen LogP) is 5.41. The van der Waals surface area contributed by atoms with Crippen LogP contribution in [0.2, 0.25) is 0 Å². The van der Waals surface area contributed by atoms with E-state index in [1.807, 2.05) is 0 Å². The SMILES string of the molecule is c1ccc2c(c1)ccc1c2ncn1CC12CC3CC(CC(C3)C1)C2. The van der Waals surface area contributed by atoms with Crippen LogP contribution < -0.4 is 0 Å². The van der Waals surface area contributed by atoms with E-state index in [-0.39, 0.29) is 0 Å². The Morgan fingerprint density at radius 1 is 0.917 bits per heavy atom. The summed E-state index contributed by atoms with van der Waals surface area (Å²) in [5.74, 6) is 3.06. The first kappa shape index (κ1) is 13.5. The quantitative estimate of drug-likeness (QED) is 0.618. The van der Waals surface area contributed by atoms with Crippen LogP contribution in [0.15, 0.2) is 42.7 Å². The molecule has 0 amide bonds. The largest absolute Gasteiger partial charge is 0.330 e. The van der Waals surface area contributed by atoms with Gasteiger partial charge >= 0.3 is 0 Å². The smallest absolute Gasteiger partial charge is 0.0963 e. The molecule has 24 heavy (non-hydrogen) atoms. The summed E-state index contributed by atoms with van der Waals surface area (Å²) in [6.45, 7) is 1.19. The highest BCUT2D eigenvalue weighted by molar-refractivity contribution is 6.04. The van der Waals surface area contributed by atoms with Crippen molar-refractivity contribution in [2.75, 3.05) is 0 Å². The summed E-state index contributed by atoms with van der Waals surface area (Å²) >= 11 is 0. The average molecular weight is 316 g/mol. The molecule has 1 heterocycles. The number of rotatable bonds is 2. The molecule has 4 aliphatic rings. The summed E-state index contributed by atoms with van der Waals surface area (Å²) in [7, 11) is 0. The summed E-state index contributed by atoms with van der Waals surface area (Å²) in [4.78, 5) is 4.81. The zero-order valence-electron chi connectivity index (χ0n) is 14.1. The van der Waals surface area contributed by atoms with Gasteiger partial charge in [0.2, 0.25) is 0 Å². The van der Waals surface area contributed by atoms with Gasteiger partial charge in [-0.15, -0.1) is 0 Å². The normalized spacial score (nSPS) is 34.4. The molecule has 4 saturated carbocycles. The lowest BCUT2D eigenvalue weighted by atomic mass is 9.49. The molecular weight excluding hydrogens is 292 g/mol. The molecule has 4 bridgehead atoms. The summed E-state index contributed by atoms with van der Waals surface area (Å²) in [6.07, 6.45) is 11.1. The van der Waals surface area contributed by atoms with Gasteiger partial charge in [0.1, 0.15) is 0 Å². The van der Waals surface area contributed by atoms with Gasteiger partial charge in [-0.3, -0.25) is 0 Å². The van der Waals surface area contributed by atoms with E-state index in [2.05, 4.69) is 47.3 Å². The maximum atomic E-state index is 4.81. The Morgan fingerprint density at radius 2 is 1.62 bits per heavy atom. The molecule has 4 aliphatic carbocycles. The molecule has 2 aromatic carbocycles. The van der Waals surface area contributed by atoms with Crippen molar-refractivity contribution in [3.05, 3.63) is 42.7 Å². The Bertz CT molecular complexity index is 900. The Balaban J connectivity index is 1.43. The summed E-state index contributed by atoms with van der Waals surface area (Å²) in [5.41, 5.74) is 3.07. The molecule has 4 fully saturated rings. The van der Waals surface area contributed by atoms with Gasteiger partial charge in [-0.2, -0.15) is 0 Å². The van der Waals surface area contributed by atoms with E-state index < -0.39 is 0 Å². The molecule has 0 spiro atoms. The second kappa shape index (κ2) is 4.62. The summed E-state index contributed by atoms with van der Waals surface area (Å²) < 4.78 is 2.47. The molecule has 0 aliphatic heterocycles. The second-order valence-corrected chi connectivity index (χ2v) is 8.94. The van der Waals surface area contributed by atoms with Crippen molar-refractivity contribution >= 4 is 21.8 Å². The highest BCUT2D eigenvalue weighted by Crippen LogP contribution is 2.60. The minimum absolute atomic E-state index is 0.564. The minimum Gasteiger partial charge on any atom is -0.330 e. The van der Waals surface area contributed by atoms with E-state index in [9.17, 15) is 0 Å². The molecule has 7 rings (SSSR count). The number of benzene rings is 2. The van der Waals surface area contributed by atoms with Gasteiger partial charge in [-0.05, 0) is 73.1 Å². The van der Waals surface area contributed by atoms with Crippen LogP contribution in [-0.4, -0.2) is 9.55 Å². The van der Waals surface area contributed by atoms with Gasteiger partial charge in [-0.1, -0.05) is 30.3 Å². The first-order valence-electron chi connectivity index (χ1n) is 9.61. The number of hydrogen-bond donors (Lipinski definition) is 0. The Labute approximate surface area is 142 Å². The van der Waals surface area contributed by atoms with E-state index in [1.54, 1.807) is 0 Å². The van der Waals surface area contributed by atoms with E-state index in [1.165, 1.54) is 66.9 Å². The molecule has 0 N–H and O–H groups in total. The van der Waals surface area contributed by atoms with Gasteiger partial charge in [-0.25, -0.2) is 4.98 Å². The van der Waals surface area contributed by atoms with Gasteiger partial charge in [0, 0.05) is 11.9 Å². The van der Waals surface area contributed by atoms with Crippen molar-refractivity contribution in [1.29, 1.82) is 0 Å². The van der Waals surface area contributed by atoms with Gasteiger partial charge < -0.3 is 4.57 Å². The standard InChI is InChI=1S/C22H24N2/c1-2-4-19-18(3-1)5-6-20-21(19)23-14-24(20)13-22-10-15-7-16(11-22)9-17(8-15)12-22/h1-6,14-17H,7-13H2. The number of fused-ring (bicyclic) bond motifs is 3. The topological polar surface area (TPSA) is 17.8 Å². The van der Waals surface area contributed by atoms with Gasteiger partial charge in [0.25, 0.3) is 0 Å². The zero-order valence-corrected chi connectivity index (χ0v) is 14.1. The maximum absolute atomic E-state index is 4.81. The molecule has 0 radical (unpaired) electrons. The number of imidazole rings is 1. The Hall–Kier alpha value is -1.83. The molecule has 3 aromatic rings. The van der Waals surface area contributed by atoms with Gasteiger partial charge in [0.15, 0.2) is 0 Å². The fourth-order valence-electron chi connectivity index (χ4n) is 6.77. The summed E-state index contributed by atoms with van der Waals surface area (Å²) in [5, 5.41) is 2.59. The van der Waals surface area contributed by atoms with Crippen molar-refractivity contribution in [1.82, 2.24) is 9.55 Å². The van der Waals surface area contributed by atoms with Crippen LogP contribution >= 0.6 is 0 Å². The number of nitrogens with zero attached hydrogens (tertiary/aromatic N) is 2. The van der Waals surface area contributed by atoms with Gasteiger partial charge in [0.05, 0.1) is 17.4 Å². The molecule has 0 unspecified atom stereocenters. The first-order chi connectivity index (χ1) is 11.8. The third kappa shape index (κ3) is 1.86. The number of hydrogen-bond acceptors (Lipinski definition) is 1. The van der Waals surface area contributed by atoms with E-state index in [4.69, 9.17) is 4.98 Å². The molecule has 1 aromatic heterocycles. The van der Waals surface area contributed by atoms with Crippen LogP contribution in [0.25, 0.3) is 21.8 Å². The van der Waals surface area contributed by atoms with Crippen LogP contribution in [0, 0.1) is 23.2 Å². The van der Waals surface area contributed by atoms with Crippen molar-refractivity contribution in [3.63, 3.8) is 0 Å². The molecule has 0 atom stereocenters. The van der Waals surface area contributed by atoms with E-state index in [0.717, 1.165) is 17.8 Å². The molecule has 2 nitrogen and oxygen atoms in total. The van der Waals surface area contributed by atoms with Crippen LogP contribution in [0.3, 0.4) is 0 Å². The van der Waals surface area contributed by atoms with Crippen LogP contribution in [0.1, 0.15) is 38.5 Å². The fourth-order valence-corrected chi connectivity index (χ4v) is 6.77. The first-order valence-corrected chi connectivity index (χ1v) is 9.61. The number of aromatic nitrogens is 2. The van der Waals surface area contributed by atoms with Crippen molar-refractivity contribution < 1.29 is 0 Å². The van der Waals surface area contributed by atoms with Crippen LogP contribution in [0.5, 0.6) is 0 Å². The lowest BCUT2D eigenvalue weighted by molar-refractivity contribution is -0.0613. The average Bonchev–Trinajstić information content (AvgIpc) is 2.96. The Morgan fingerprint density at radius 3 is 2.38 bits per heavy atom. The molecule has 0 saturated heterocycles. The second-order valence-electron chi connectivity index (χ2n) is 8.94.